The third-order valence-electron chi connectivity index (χ3n) is 5.38. The van der Waals surface area contributed by atoms with Crippen LogP contribution in [0.15, 0.2) is 28.8 Å². The van der Waals surface area contributed by atoms with Gasteiger partial charge in [-0.25, -0.2) is 0 Å². The summed E-state index contributed by atoms with van der Waals surface area (Å²) in [5, 5.41) is 12.9. The first-order valence-electron chi connectivity index (χ1n) is 9.35. The number of carbonyl (C=O) groups excluding carboxylic acids is 1. The van der Waals surface area contributed by atoms with Crippen molar-refractivity contribution in [1.82, 2.24) is 15.0 Å². The van der Waals surface area contributed by atoms with Gasteiger partial charge in [0.05, 0.1) is 23.2 Å². The average molecular weight is 366 g/mol. The summed E-state index contributed by atoms with van der Waals surface area (Å²) in [6.45, 7) is 11.0. The number of nitrogens with zero attached hydrogens (tertiary/aromatic N) is 4. The number of piperazine rings is 1. The summed E-state index contributed by atoms with van der Waals surface area (Å²) in [5.74, 6) is 0.610. The Hall–Kier alpha value is -2.65. The summed E-state index contributed by atoms with van der Waals surface area (Å²) in [6.07, 6.45) is 0. The zero-order valence-corrected chi connectivity index (χ0v) is 16.4. The molecule has 0 aliphatic carbocycles. The number of carbonyl (C=O) groups is 1. The van der Waals surface area contributed by atoms with E-state index in [4.69, 9.17) is 9.78 Å². The third-order valence-corrected chi connectivity index (χ3v) is 5.38. The number of aromatic nitrogens is 1. The molecule has 1 amide bonds. The van der Waals surface area contributed by atoms with Crippen LogP contribution in [0, 0.1) is 25.2 Å². The smallest absolute Gasteiger partial charge is 0.230 e. The molecule has 0 radical (unpaired) electrons. The van der Waals surface area contributed by atoms with Gasteiger partial charge in [-0.15, -0.1) is 0 Å². The Morgan fingerprint density at radius 3 is 2.59 bits per heavy atom. The molecule has 0 unspecified atom stereocenters. The molecule has 142 valence electrons. The van der Waals surface area contributed by atoms with Gasteiger partial charge in [-0.3, -0.25) is 9.69 Å². The molecule has 1 fully saturated rings. The molecule has 2 atom stereocenters. The minimum Gasteiger partial charge on any atom is -0.361 e. The van der Waals surface area contributed by atoms with Crippen molar-refractivity contribution in [2.24, 2.45) is 0 Å². The van der Waals surface area contributed by atoms with E-state index in [0.717, 1.165) is 36.7 Å². The van der Waals surface area contributed by atoms with E-state index in [1.54, 1.807) is 0 Å². The fraction of sp³-hybridized carbons (Fsp3) is 0.476. The normalized spacial score (nSPS) is 18.9. The maximum Gasteiger partial charge on any atom is 0.230 e. The molecule has 3 rings (SSSR count). The second-order valence-corrected chi connectivity index (χ2v) is 7.38. The van der Waals surface area contributed by atoms with E-state index in [-0.39, 0.29) is 17.9 Å². The van der Waals surface area contributed by atoms with Gasteiger partial charge in [-0.05, 0) is 45.4 Å². The van der Waals surface area contributed by atoms with Crippen LogP contribution in [-0.4, -0.2) is 46.5 Å². The molecule has 0 saturated carbocycles. The van der Waals surface area contributed by atoms with Crippen molar-refractivity contribution in [2.45, 2.75) is 46.2 Å². The van der Waals surface area contributed by atoms with Gasteiger partial charge < -0.3 is 9.42 Å². The Bertz CT molecular complexity index is 831. The summed E-state index contributed by atoms with van der Waals surface area (Å²) in [4.78, 5) is 17.4. The molecule has 0 bridgehead atoms. The minimum atomic E-state index is -0.247. The lowest BCUT2D eigenvalue weighted by Gasteiger charge is -2.41. The van der Waals surface area contributed by atoms with Crippen molar-refractivity contribution < 1.29 is 9.32 Å². The first-order chi connectivity index (χ1) is 12.9. The molecule has 1 aromatic heterocycles. The average Bonchev–Trinajstić information content (AvgIpc) is 3.00. The van der Waals surface area contributed by atoms with Crippen LogP contribution in [0.1, 0.15) is 47.9 Å². The van der Waals surface area contributed by atoms with E-state index in [0.29, 0.717) is 12.1 Å². The predicted octanol–water partition coefficient (Wildman–Crippen LogP) is 3.00. The summed E-state index contributed by atoms with van der Waals surface area (Å²) in [7, 11) is 0. The van der Waals surface area contributed by atoms with Crippen molar-refractivity contribution in [3.8, 4) is 6.07 Å². The Labute approximate surface area is 160 Å². The zero-order chi connectivity index (χ0) is 19.6. The van der Waals surface area contributed by atoms with Crippen molar-refractivity contribution >= 4 is 5.91 Å². The van der Waals surface area contributed by atoms with E-state index in [2.05, 4.69) is 23.0 Å². The molecule has 0 N–H and O–H groups in total. The highest BCUT2D eigenvalue weighted by Crippen LogP contribution is 2.26. The van der Waals surface area contributed by atoms with Crippen molar-refractivity contribution in [3.05, 3.63) is 52.4 Å². The Balaban J connectivity index is 1.62. The van der Waals surface area contributed by atoms with Crippen LogP contribution in [0.2, 0.25) is 0 Å². The minimum absolute atomic E-state index is 0.134. The zero-order valence-electron chi connectivity index (χ0n) is 16.4. The number of hydrogen-bond acceptors (Lipinski definition) is 5. The number of benzene rings is 1. The molecule has 1 aliphatic heterocycles. The van der Waals surface area contributed by atoms with Crippen LogP contribution in [0.4, 0.5) is 0 Å². The van der Waals surface area contributed by atoms with E-state index in [9.17, 15) is 4.79 Å². The number of amides is 1. The van der Waals surface area contributed by atoms with Gasteiger partial charge in [0.1, 0.15) is 5.76 Å². The first-order valence-corrected chi connectivity index (χ1v) is 9.35. The van der Waals surface area contributed by atoms with Gasteiger partial charge in [0.15, 0.2) is 0 Å². The second kappa shape index (κ2) is 7.93. The molecule has 1 aromatic carbocycles. The lowest BCUT2D eigenvalue weighted by atomic mass is 9.96. The summed E-state index contributed by atoms with van der Waals surface area (Å²) in [5.41, 5.74) is 3.56. The summed E-state index contributed by atoms with van der Waals surface area (Å²) < 4.78 is 5.23. The molecular formula is C21H26N4O2. The van der Waals surface area contributed by atoms with E-state index < -0.39 is 0 Å². The molecule has 6 nitrogen and oxygen atoms in total. The van der Waals surface area contributed by atoms with Gasteiger partial charge in [0.2, 0.25) is 5.91 Å². The molecule has 1 saturated heterocycles. The van der Waals surface area contributed by atoms with Gasteiger partial charge >= 0.3 is 0 Å². The summed E-state index contributed by atoms with van der Waals surface area (Å²) >= 11 is 0. The molecule has 2 aromatic rings. The van der Waals surface area contributed by atoms with Crippen LogP contribution in [-0.2, 0) is 11.3 Å². The van der Waals surface area contributed by atoms with Crippen LogP contribution in [0.3, 0.4) is 0 Å². The van der Waals surface area contributed by atoms with Gasteiger partial charge in [0, 0.05) is 37.8 Å². The van der Waals surface area contributed by atoms with E-state index >= 15 is 0 Å². The van der Waals surface area contributed by atoms with Crippen LogP contribution in [0.5, 0.6) is 0 Å². The third kappa shape index (κ3) is 4.04. The lowest BCUT2D eigenvalue weighted by molar-refractivity contribution is -0.137. The van der Waals surface area contributed by atoms with E-state index in [1.807, 2.05) is 49.9 Å². The highest BCUT2D eigenvalue weighted by Gasteiger charge is 2.32. The highest BCUT2D eigenvalue weighted by atomic mass is 16.5. The SMILES string of the molecule is Cc1noc(C)c1[C@@H](C)C(=O)N1CCN(Cc2ccc(C#N)cc2)C[C@H]1C. The van der Waals surface area contributed by atoms with E-state index in [1.165, 1.54) is 5.56 Å². The number of rotatable bonds is 4. The van der Waals surface area contributed by atoms with Crippen molar-refractivity contribution in [3.63, 3.8) is 0 Å². The standard InChI is InChI=1S/C21H26N4O2/c1-14-12-24(13-19-7-5-18(11-22)6-8-19)9-10-25(14)21(26)15(2)20-16(3)23-27-17(20)4/h5-8,14-15H,9-10,12-13H2,1-4H3/t14-,15-/m1/s1. The quantitative estimate of drug-likeness (QED) is 0.832. The van der Waals surface area contributed by atoms with Gasteiger partial charge in [0.25, 0.3) is 0 Å². The van der Waals surface area contributed by atoms with Crippen LogP contribution >= 0.6 is 0 Å². The van der Waals surface area contributed by atoms with Crippen LogP contribution < -0.4 is 0 Å². The molecule has 0 spiro atoms. The second-order valence-electron chi connectivity index (χ2n) is 7.38. The Kier molecular flexibility index (Phi) is 5.62. The Morgan fingerprint density at radius 2 is 2.04 bits per heavy atom. The fourth-order valence-electron chi connectivity index (χ4n) is 3.93. The lowest BCUT2D eigenvalue weighted by Crippen LogP contribution is -2.54. The molecular weight excluding hydrogens is 340 g/mol. The topological polar surface area (TPSA) is 73.4 Å². The number of nitriles is 1. The largest absolute Gasteiger partial charge is 0.361 e. The molecule has 2 heterocycles. The van der Waals surface area contributed by atoms with Gasteiger partial charge in [-0.2, -0.15) is 5.26 Å². The first kappa shape index (κ1) is 19.1. The highest BCUT2D eigenvalue weighted by molar-refractivity contribution is 5.84. The molecule has 27 heavy (non-hydrogen) atoms. The Morgan fingerprint density at radius 1 is 1.33 bits per heavy atom. The van der Waals surface area contributed by atoms with Crippen LogP contribution in [0.25, 0.3) is 0 Å². The summed E-state index contributed by atoms with van der Waals surface area (Å²) in [6, 6.07) is 9.99. The van der Waals surface area contributed by atoms with Crippen molar-refractivity contribution in [1.29, 1.82) is 5.26 Å². The maximum absolute atomic E-state index is 13.1. The molecule has 1 aliphatic rings. The fourth-order valence-corrected chi connectivity index (χ4v) is 3.93. The predicted molar refractivity (Wildman–Crippen MR) is 102 cm³/mol. The van der Waals surface area contributed by atoms with Gasteiger partial charge in [-0.1, -0.05) is 17.3 Å². The number of hydrogen-bond donors (Lipinski definition) is 0. The maximum atomic E-state index is 13.1. The van der Waals surface area contributed by atoms with Crippen molar-refractivity contribution in [2.75, 3.05) is 19.6 Å². The number of aryl methyl sites for hydroxylation is 2. The molecule has 6 heteroatoms. The monoisotopic (exact) mass is 366 g/mol.